The summed E-state index contributed by atoms with van der Waals surface area (Å²) in [5.41, 5.74) is -0.166. The molecule has 1 unspecified atom stereocenters. The minimum absolute atomic E-state index is 0.0408. The number of benzene rings is 1. The van der Waals surface area contributed by atoms with Crippen LogP contribution in [0.5, 0.6) is 0 Å². The molecule has 1 aromatic rings. The highest BCUT2D eigenvalue weighted by Crippen LogP contribution is 2.22. The van der Waals surface area contributed by atoms with E-state index in [1.54, 1.807) is 0 Å². The summed E-state index contributed by atoms with van der Waals surface area (Å²) in [6, 6.07) is 1.48. The van der Waals surface area contributed by atoms with Gasteiger partial charge in [0.25, 0.3) is 5.91 Å². The van der Waals surface area contributed by atoms with Crippen molar-refractivity contribution in [2.24, 2.45) is 0 Å². The highest BCUT2D eigenvalue weighted by molar-refractivity contribution is 6.33. The molecule has 1 aromatic carbocycles. The monoisotopic (exact) mass is 319 g/mol. The summed E-state index contributed by atoms with van der Waals surface area (Å²) < 4.78 is 36.0. The molecule has 1 atom stereocenters. The number of carbonyl (C=O) groups is 2. The number of ether oxygens (including phenoxy) is 2. The molecule has 0 bridgehead atoms. The number of esters is 1. The van der Waals surface area contributed by atoms with Gasteiger partial charge in [0, 0.05) is 6.54 Å². The predicted octanol–water partition coefficient (Wildman–Crippen LogP) is 1.63. The van der Waals surface area contributed by atoms with Gasteiger partial charge in [-0.3, -0.25) is 4.79 Å². The van der Waals surface area contributed by atoms with E-state index in [4.69, 9.17) is 16.3 Å². The summed E-state index contributed by atoms with van der Waals surface area (Å²) >= 11 is 5.76. The summed E-state index contributed by atoms with van der Waals surface area (Å²) in [5.74, 6) is -3.51. The Morgan fingerprint density at radius 1 is 1.38 bits per heavy atom. The zero-order valence-corrected chi connectivity index (χ0v) is 11.8. The second-order valence-electron chi connectivity index (χ2n) is 4.38. The Kier molecular flexibility index (Phi) is 4.74. The molecular formula is C13H12ClF2NO4. The molecule has 1 heterocycles. The van der Waals surface area contributed by atoms with Crippen molar-refractivity contribution in [1.82, 2.24) is 4.90 Å². The first kappa shape index (κ1) is 15.7. The Balaban J connectivity index is 2.20. The van der Waals surface area contributed by atoms with Crippen molar-refractivity contribution >= 4 is 23.5 Å². The van der Waals surface area contributed by atoms with Gasteiger partial charge < -0.3 is 14.4 Å². The minimum Gasteiger partial charge on any atom is -0.467 e. The summed E-state index contributed by atoms with van der Waals surface area (Å²) in [4.78, 5) is 25.0. The molecule has 0 saturated carbocycles. The van der Waals surface area contributed by atoms with Crippen LogP contribution < -0.4 is 0 Å². The first-order chi connectivity index (χ1) is 9.93. The normalized spacial score (nSPS) is 18.5. The number of carbonyl (C=O) groups excluding carboxylic acids is 2. The van der Waals surface area contributed by atoms with E-state index >= 15 is 0 Å². The number of amides is 1. The lowest BCUT2D eigenvalue weighted by Gasteiger charge is -2.31. The second kappa shape index (κ2) is 6.36. The molecule has 1 aliphatic rings. The van der Waals surface area contributed by atoms with Crippen LogP contribution >= 0.6 is 11.6 Å². The predicted molar refractivity (Wildman–Crippen MR) is 69.0 cm³/mol. The number of morpholine rings is 1. The quantitative estimate of drug-likeness (QED) is 0.614. The first-order valence-electron chi connectivity index (χ1n) is 6.07. The van der Waals surface area contributed by atoms with Crippen LogP contribution in [0.15, 0.2) is 12.1 Å². The molecule has 21 heavy (non-hydrogen) atoms. The number of hydrogen-bond acceptors (Lipinski definition) is 4. The van der Waals surface area contributed by atoms with Crippen molar-refractivity contribution in [3.63, 3.8) is 0 Å². The zero-order valence-electron chi connectivity index (χ0n) is 11.1. The lowest BCUT2D eigenvalue weighted by molar-refractivity contribution is -0.158. The van der Waals surface area contributed by atoms with E-state index in [2.05, 4.69) is 4.74 Å². The van der Waals surface area contributed by atoms with Crippen LogP contribution in [0.1, 0.15) is 10.4 Å². The van der Waals surface area contributed by atoms with E-state index in [-0.39, 0.29) is 30.3 Å². The Bertz CT molecular complexity index is 582. The van der Waals surface area contributed by atoms with E-state index in [1.807, 2.05) is 0 Å². The summed E-state index contributed by atoms with van der Waals surface area (Å²) in [5, 5.41) is -0.194. The number of hydrogen-bond donors (Lipinski definition) is 0. The maximum Gasteiger partial charge on any atom is 0.336 e. The van der Waals surface area contributed by atoms with Gasteiger partial charge in [-0.1, -0.05) is 11.6 Å². The smallest absolute Gasteiger partial charge is 0.336 e. The molecule has 1 aliphatic heterocycles. The summed E-state index contributed by atoms with van der Waals surface area (Å²) in [6.45, 7) is 0.301. The van der Waals surface area contributed by atoms with Gasteiger partial charge in [0.2, 0.25) is 0 Å². The Morgan fingerprint density at radius 2 is 2.05 bits per heavy atom. The number of methoxy groups -OCH3 is 1. The molecule has 8 heteroatoms. The zero-order chi connectivity index (χ0) is 15.6. The van der Waals surface area contributed by atoms with Gasteiger partial charge in [-0.2, -0.15) is 0 Å². The summed E-state index contributed by atoms with van der Waals surface area (Å²) in [7, 11) is 1.21. The highest BCUT2D eigenvalue weighted by Gasteiger charge is 2.31. The fourth-order valence-electron chi connectivity index (χ4n) is 1.96. The van der Waals surface area contributed by atoms with Crippen LogP contribution in [-0.2, 0) is 14.3 Å². The maximum absolute atomic E-state index is 13.2. The largest absolute Gasteiger partial charge is 0.467 e. The molecular weight excluding hydrogens is 308 g/mol. The van der Waals surface area contributed by atoms with Crippen molar-refractivity contribution in [2.45, 2.75) is 6.10 Å². The molecule has 0 spiro atoms. The number of nitrogens with zero attached hydrogens (tertiary/aromatic N) is 1. The second-order valence-corrected chi connectivity index (χ2v) is 4.79. The number of halogens is 3. The highest BCUT2D eigenvalue weighted by atomic mass is 35.5. The molecule has 0 radical (unpaired) electrons. The SMILES string of the molecule is COC(=O)C1CN(C(=O)c2cc(F)c(F)cc2Cl)CCO1. The van der Waals surface area contributed by atoms with E-state index in [1.165, 1.54) is 12.0 Å². The fraction of sp³-hybridized carbons (Fsp3) is 0.385. The Labute approximate surface area is 124 Å². The van der Waals surface area contributed by atoms with Gasteiger partial charge in [0.15, 0.2) is 17.7 Å². The van der Waals surface area contributed by atoms with Crippen LogP contribution in [0, 0.1) is 11.6 Å². The van der Waals surface area contributed by atoms with E-state index in [0.29, 0.717) is 0 Å². The van der Waals surface area contributed by atoms with Crippen molar-refractivity contribution in [2.75, 3.05) is 26.8 Å². The average Bonchev–Trinajstić information content (AvgIpc) is 2.49. The van der Waals surface area contributed by atoms with Crippen molar-refractivity contribution in [3.8, 4) is 0 Å². The molecule has 0 N–H and O–H groups in total. The third kappa shape index (κ3) is 3.30. The standard InChI is InChI=1S/C13H12ClF2NO4/c1-20-13(19)11-6-17(2-3-21-11)12(18)7-4-9(15)10(16)5-8(7)14/h4-5,11H,2-3,6H2,1H3. The van der Waals surface area contributed by atoms with Gasteiger partial charge >= 0.3 is 5.97 Å². The Hall–Kier alpha value is -1.73. The lowest BCUT2D eigenvalue weighted by Crippen LogP contribution is -2.49. The minimum atomic E-state index is -1.17. The molecule has 114 valence electrons. The van der Waals surface area contributed by atoms with Gasteiger partial charge in [-0.25, -0.2) is 13.6 Å². The topological polar surface area (TPSA) is 55.8 Å². The fourth-order valence-corrected chi connectivity index (χ4v) is 2.20. The van der Waals surface area contributed by atoms with Crippen LogP contribution in [0.25, 0.3) is 0 Å². The molecule has 0 aromatic heterocycles. The Morgan fingerprint density at radius 3 is 2.71 bits per heavy atom. The van der Waals surface area contributed by atoms with E-state index < -0.39 is 29.6 Å². The number of rotatable bonds is 2. The van der Waals surface area contributed by atoms with Crippen LogP contribution in [0.2, 0.25) is 5.02 Å². The van der Waals surface area contributed by atoms with E-state index in [9.17, 15) is 18.4 Å². The van der Waals surface area contributed by atoms with Crippen molar-refractivity contribution in [1.29, 1.82) is 0 Å². The molecule has 5 nitrogen and oxygen atoms in total. The first-order valence-corrected chi connectivity index (χ1v) is 6.45. The lowest BCUT2D eigenvalue weighted by atomic mass is 10.1. The average molecular weight is 320 g/mol. The third-order valence-corrected chi connectivity index (χ3v) is 3.37. The van der Waals surface area contributed by atoms with Gasteiger partial charge in [-0.05, 0) is 12.1 Å². The molecule has 0 aliphatic carbocycles. The van der Waals surface area contributed by atoms with Gasteiger partial charge in [0.05, 0.1) is 30.8 Å². The van der Waals surface area contributed by atoms with E-state index in [0.717, 1.165) is 12.1 Å². The maximum atomic E-state index is 13.2. The molecule has 1 amide bonds. The molecule has 1 saturated heterocycles. The van der Waals surface area contributed by atoms with Crippen molar-refractivity contribution < 1.29 is 27.8 Å². The van der Waals surface area contributed by atoms with Gasteiger partial charge in [-0.15, -0.1) is 0 Å². The van der Waals surface area contributed by atoms with Gasteiger partial charge in [0.1, 0.15) is 0 Å². The molecule has 2 rings (SSSR count). The van der Waals surface area contributed by atoms with Crippen LogP contribution in [0.3, 0.4) is 0 Å². The molecule has 1 fully saturated rings. The van der Waals surface area contributed by atoms with Crippen molar-refractivity contribution in [3.05, 3.63) is 34.4 Å². The van der Waals surface area contributed by atoms with Crippen LogP contribution in [-0.4, -0.2) is 49.7 Å². The van der Waals surface area contributed by atoms with Crippen LogP contribution in [0.4, 0.5) is 8.78 Å². The third-order valence-electron chi connectivity index (χ3n) is 3.06. The summed E-state index contributed by atoms with van der Waals surface area (Å²) in [6.07, 6.45) is -0.906.